The van der Waals surface area contributed by atoms with E-state index in [4.69, 9.17) is 5.73 Å². The summed E-state index contributed by atoms with van der Waals surface area (Å²) in [5, 5.41) is 0. The minimum atomic E-state index is 0.663. The molecule has 0 radical (unpaired) electrons. The van der Waals surface area contributed by atoms with Crippen LogP contribution < -0.4 is 5.73 Å². The van der Waals surface area contributed by atoms with Crippen LogP contribution in [0.3, 0.4) is 0 Å². The molecule has 2 rings (SSSR count). The second-order valence-corrected chi connectivity index (χ2v) is 4.89. The van der Waals surface area contributed by atoms with E-state index in [0.29, 0.717) is 5.95 Å². The van der Waals surface area contributed by atoms with E-state index in [0.717, 1.165) is 25.6 Å². The molecule has 4 nitrogen and oxygen atoms in total. The standard InChI is InChI=1S/C12H22N4.2C2H6/c1-3-4-10(2)8-15-5-6-16-11(9-15)7-14-12(16)13;2*1-2/h7,10H,3-6,8-9H2,1-2H3,(H2,13,14);2*1-2H3. The first-order valence-corrected chi connectivity index (χ1v) is 8.23. The summed E-state index contributed by atoms with van der Waals surface area (Å²) in [4.78, 5) is 6.67. The Hall–Kier alpha value is -1.03. The van der Waals surface area contributed by atoms with Gasteiger partial charge in [0.25, 0.3) is 0 Å². The van der Waals surface area contributed by atoms with E-state index in [1.807, 2.05) is 33.9 Å². The third-order valence-electron chi connectivity index (χ3n) is 3.35. The highest BCUT2D eigenvalue weighted by Gasteiger charge is 2.19. The molecular formula is C16H34N4. The molecule has 2 N–H and O–H groups in total. The van der Waals surface area contributed by atoms with Gasteiger partial charge >= 0.3 is 0 Å². The fourth-order valence-electron chi connectivity index (χ4n) is 2.54. The van der Waals surface area contributed by atoms with Crippen LogP contribution in [0.5, 0.6) is 0 Å². The molecule has 0 fully saturated rings. The van der Waals surface area contributed by atoms with Crippen LogP contribution in [0.4, 0.5) is 5.95 Å². The van der Waals surface area contributed by atoms with Crippen LogP contribution in [-0.2, 0) is 13.1 Å². The second-order valence-electron chi connectivity index (χ2n) is 4.89. The molecule has 1 aliphatic rings. The van der Waals surface area contributed by atoms with E-state index in [2.05, 4.69) is 28.3 Å². The van der Waals surface area contributed by atoms with Crippen molar-refractivity contribution in [1.82, 2.24) is 14.5 Å². The number of nitrogens with two attached hydrogens (primary N) is 1. The Morgan fingerprint density at radius 1 is 1.25 bits per heavy atom. The fourth-order valence-corrected chi connectivity index (χ4v) is 2.54. The van der Waals surface area contributed by atoms with Gasteiger partial charge < -0.3 is 10.3 Å². The molecule has 4 heteroatoms. The van der Waals surface area contributed by atoms with Gasteiger partial charge in [-0.3, -0.25) is 4.90 Å². The number of hydrogen-bond donors (Lipinski definition) is 1. The zero-order valence-corrected chi connectivity index (χ0v) is 14.3. The van der Waals surface area contributed by atoms with E-state index < -0.39 is 0 Å². The molecule has 1 unspecified atom stereocenters. The van der Waals surface area contributed by atoms with Crippen molar-refractivity contribution in [3.8, 4) is 0 Å². The normalized spacial score (nSPS) is 15.3. The van der Waals surface area contributed by atoms with Gasteiger partial charge in [0.1, 0.15) is 0 Å². The lowest BCUT2D eigenvalue weighted by molar-refractivity contribution is 0.190. The fraction of sp³-hybridized carbons (Fsp3) is 0.812. The Morgan fingerprint density at radius 3 is 2.50 bits per heavy atom. The van der Waals surface area contributed by atoms with Crippen molar-refractivity contribution in [1.29, 1.82) is 0 Å². The largest absolute Gasteiger partial charge is 0.369 e. The van der Waals surface area contributed by atoms with Crippen LogP contribution in [0.2, 0.25) is 0 Å². The maximum atomic E-state index is 5.79. The van der Waals surface area contributed by atoms with Gasteiger partial charge in [0.05, 0.1) is 11.9 Å². The Labute approximate surface area is 125 Å². The van der Waals surface area contributed by atoms with Crippen LogP contribution in [0.25, 0.3) is 0 Å². The SMILES string of the molecule is CC.CC.CCCC(C)CN1CCn2c(cnc2N)C1. The van der Waals surface area contributed by atoms with Gasteiger partial charge in [0, 0.05) is 26.2 Å². The highest BCUT2D eigenvalue weighted by Crippen LogP contribution is 2.17. The zero-order valence-electron chi connectivity index (χ0n) is 14.3. The van der Waals surface area contributed by atoms with E-state index in [1.165, 1.54) is 25.1 Å². The van der Waals surface area contributed by atoms with E-state index in [-0.39, 0.29) is 0 Å². The summed E-state index contributed by atoms with van der Waals surface area (Å²) in [6, 6.07) is 0. The number of imidazole rings is 1. The smallest absolute Gasteiger partial charge is 0.200 e. The Bertz CT molecular complexity index is 346. The topological polar surface area (TPSA) is 47.1 Å². The third kappa shape index (κ3) is 5.53. The molecule has 0 saturated heterocycles. The average molecular weight is 282 g/mol. The van der Waals surface area contributed by atoms with Gasteiger partial charge in [-0.1, -0.05) is 48.0 Å². The molecule has 0 bridgehead atoms. The molecule has 0 aromatic carbocycles. The van der Waals surface area contributed by atoms with Gasteiger partial charge in [0.2, 0.25) is 0 Å². The first-order valence-electron chi connectivity index (χ1n) is 8.23. The molecule has 2 heterocycles. The van der Waals surface area contributed by atoms with Crippen LogP contribution >= 0.6 is 0 Å². The van der Waals surface area contributed by atoms with Crippen LogP contribution in [0, 0.1) is 5.92 Å². The molecular weight excluding hydrogens is 248 g/mol. The van der Waals surface area contributed by atoms with Crippen molar-refractivity contribution in [2.45, 2.75) is 67.5 Å². The van der Waals surface area contributed by atoms with Crippen LogP contribution in [0.1, 0.15) is 60.1 Å². The number of anilines is 1. The van der Waals surface area contributed by atoms with Gasteiger partial charge in [-0.25, -0.2) is 4.98 Å². The molecule has 1 aromatic rings. The summed E-state index contributed by atoms with van der Waals surface area (Å²) >= 11 is 0. The minimum absolute atomic E-state index is 0.663. The van der Waals surface area contributed by atoms with Crippen molar-refractivity contribution in [3.63, 3.8) is 0 Å². The Balaban J connectivity index is 0.000000829. The minimum Gasteiger partial charge on any atom is -0.369 e. The summed E-state index contributed by atoms with van der Waals surface area (Å²) < 4.78 is 2.13. The van der Waals surface area contributed by atoms with Crippen LogP contribution in [-0.4, -0.2) is 27.5 Å². The molecule has 0 saturated carbocycles. The molecule has 20 heavy (non-hydrogen) atoms. The van der Waals surface area contributed by atoms with Gasteiger partial charge in [-0.15, -0.1) is 0 Å². The van der Waals surface area contributed by atoms with Crippen molar-refractivity contribution in [2.75, 3.05) is 18.8 Å². The lowest BCUT2D eigenvalue weighted by atomic mass is 10.1. The predicted octanol–water partition coefficient (Wildman–Crippen LogP) is 3.77. The maximum Gasteiger partial charge on any atom is 0.200 e. The monoisotopic (exact) mass is 282 g/mol. The lowest BCUT2D eigenvalue weighted by Gasteiger charge is -2.30. The maximum absolute atomic E-state index is 5.79. The van der Waals surface area contributed by atoms with Crippen molar-refractivity contribution in [3.05, 3.63) is 11.9 Å². The molecule has 0 amide bonds. The molecule has 0 spiro atoms. The lowest BCUT2D eigenvalue weighted by Crippen LogP contribution is -2.36. The van der Waals surface area contributed by atoms with Gasteiger partial charge in [-0.05, 0) is 12.3 Å². The molecule has 1 atom stereocenters. The average Bonchev–Trinajstić information content (AvgIpc) is 2.84. The van der Waals surface area contributed by atoms with Crippen molar-refractivity contribution >= 4 is 5.95 Å². The van der Waals surface area contributed by atoms with Crippen molar-refractivity contribution < 1.29 is 0 Å². The first-order chi connectivity index (χ1) is 9.70. The predicted molar refractivity (Wildman–Crippen MR) is 88.7 cm³/mol. The summed E-state index contributed by atoms with van der Waals surface area (Å²) in [7, 11) is 0. The highest BCUT2D eigenvalue weighted by molar-refractivity contribution is 5.23. The number of nitrogen functional groups attached to an aromatic ring is 1. The molecule has 1 aliphatic heterocycles. The summed E-state index contributed by atoms with van der Waals surface area (Å²) in [5.41, 5.74) is 7.05. The number of aromatic nitrogens is 2. The first kappa shape index (κ1) is 19.0. The Morgan fingerprint density at radius 2 is 1.90 bits per heavy atom. The number of nitrogens with zero attached hydrogens (tertiary/aromatic N) is 3. The molecule has 0 aliphatic carbocycles. The summed E-state index contributed by atoms with van der Waals surface area (Å²) in [5.74, 6) is 1.45. The van der Waals surface area contributed by atoms with Gasteiger partial charge in [-0.2, -0.15) is 0 Å². The number of hydrogen-bond acceptors (Lipinski definition) is 3. The Kier molecular flexibility index (Phi) is 10.2. The zero-order chi connectivity index (χ0) is 15.5. The quantitative estimate of drug-likeness (QED) is 0.914. The van der Waals surface area contributed by atoms with E-state index in [1.54, 1.807) is 0 Å². The summed E-state index contributed by atoms with van der Waals surface area (Å²) in [6.07, 6.45) is 4.50. The van der Waals surface area contributed by atoms with Gasteiger partial charge in [0.15, 0.2) is 5.95 Å². The molecule has 118 valence electrons. The third-order valence-corrected chi connectivity index (χ3v) is 3.35. The number of fused-ring (bicyclic) bond motifs is 1. The highest BCUT2D eigenvalue weighted by atomic mass is 15.3. The van der Waals surface area contributed by atoms with E-state index in [9.17, 15) is 0 Å². The number of rotatable bonds is 4. The summed E-state index contributed by atoms with van der Waals surface area (Å²) in [6.45, 7) is 16.9. The van der Waals surface area contributed by atoms with E-state index >= 15 is 0 Å². The molecule has 1 aromatic heterocycles. The van der Waals surface area contributed by atoms with Crippen LogP contribution in [0.15, 0.2) is 6.20 Å². The second kappa shape index (κ2) is 10.7. The van der Waals surface area contributed by atoms with Crippen molar-refractivity contribution in [2.24, 2.45) is 5.92 Å².